The predicted molar refractivity (Wildman–Crippen MR) is 116 cm³/mol. The number of nitrogens with zero attached hydrogens (tertiary/aromatic N) is 2. The van der Waals surface area contributed by atoms with Gasteiger partial charge in [0, 0.05) is 50.4 Å². The molecule has 0 atom stereocenters. The molecule has 1 aliphatic carbocycles. The summed E-state index contributed by atoms with van der Waals surface area (Å²) >= 11 is 0. The van der Waals surface area contributed by atoms with E-state index in [9.17, 15) is 9.59 Å². The topological polar surface area (TPSA) is 52.7 Å². The van der Waals surface area contributed by atoms with Gasteiger partial charge in [-0.2, -0.15) is 0 Å². The van der Waals surface area contributed by atoms with E-state index in [0.717, 1.165) is 49.2 Å². The number of nitrogens with one attached hydrogen (secondary N) is 1. The standard InChI is InChI=1S/C23H37N3O2/c1-16(2)14-26(23(28)17(3)4)15-19-13-20(11-12-21(19)25(5)6)24-22(27)18-9-7-8-10-18/h11-13,16-18H,7-10,14-15H2,1-6H3,(H,24,27). The van der Waals surface area contributed by atoms with Crippen LogP contribution in [0, 0.1) is 17.8 Å². The minimum absolute atomic E-state index is 0.0354. The molecule has 0 radical (unpaired) electrons. The molecule has 0 aromatic heterocycles. The van der Waals surface area contributed by atoms with Crippen molar-refractivity contribution >= 4 is 23.2 Å². The lowest BCUT2D eigenvalue weighted by atomic mass is 10.1. The van der Waals surface area contributed by atoms with Gasteiger partial charge in [-0.3, -0.25) is 9.59 Å². The lowest BCUT2D eigenvalue weighted by molar-refractivity contribution is -0.135. The van der Waals surface area contributed by atoms with Gasteiger partial charge < -0.3 is 15.1 Å². The fourth-order valence-corrected chi connectivity index (χ4v) is 3.90. The third kappa shape index (κ3) is 5.98. The molecule has 0 aliphatic heterocycles. The maximum Gasteiger partial charge on any atom is 0.227 e. The van der Waals surface area contributed by atoms with E-state index in [0.29, 0.717) is 12.5 Å². The summed E-state index contributed by atoms with van der Waals surface area (Å²) in [6, 6.07) is 6.03. The van der Waals surface area contributed by atoms with Crippen LogP contribution in [0.4, 0.5) is 11.4 Å². The zero-order valence-corrected chi connectivity index (χ0v) is 18.4. The maximum absolute atomic E-state index is 12.7. The molecule has 0 bridgehead atoms. The molecular weight excluding hydrogens is 350 g/mol. The zero-order valence-electron chi connectivity index (χ0n) is 18.4. The lowest BCUT2D eigenvalue weighted by Crippen LogP contribution is -2.37. The number of rotatable bonds is 8. The van der Waals surface area contributed by atoms with Gasteiger partial charge in [0.05, 0.1) is 0 Å². The smallest absolute Gasteiger partial charge is 0.227 e. The molecule has 0 saturated heterocycles. The SMILES string of the molecule is CC(C)CN(Cc1cc(NC(=O)C2CCCC2)ccc1N(C)C)C(=O)C(C)C. The molecule has 1 aliphatic rings. The zero-order chi connectivity index (χ0) is 20.8. The average molecular weight is 388 g/mol. The summed E-state index contributed by atoms with van der Waals surface area (Å²) < 4.78 is 0. The van der Waals surface area contributed by atoms with Crippen LogP contribution >= 0.6 is 0 Å². The number of hydrogen-bond acceptors (Lipinski definition) is 3. The monoisotopic (exact) mass is 387 g/mol. The molecule has 1 aromatic carbocycles. The van der Waals surface area contributed by atoms with Crippen molar-refractivity contribution in [2.75, 3.05) is 30.9 Å². The van der Waals surface area contributed by atoms with E-state index < -0.39 is 0 Å². The Bertz CT molecular complexity index is 676. The molecule has 156 valence electrons. The molecule has 0 unspecified atom stereocenters. The highest BCUT2D eigenvalue weighted by Gasteiger charge is 2.24. The minimum atomic E-state index is -0.0354. The normalized spacial score (nSPS) is 14.6. The van der Waals surface area contributed by atoms with Crippen LogP contribution in [-0.4, -0.2) is 37.4 Å². The molecule has 1 fully saturated rings. The average Bonchev–Trinajstić information content (AvgIpc) is 3.14. The van der Waals surface area contributed by atoms with Gasteiger partial charge in [-0.1, -0.05) is 40.5 Å². The number of carbonyl (C=O) groups excluding carboxylic acids is 2. The summed E-state index contributed by atoms with van der Waals surface area (Å²) in [6.45, 7) is 9.43. The second-order valence-electron chi connectivity index (χ2n) is 8.98. The van der Waals surface area contributed by atoms with Crippen molar-refractivity contribution in [2.24, 2.45) is 17.8 Å². The maximum atomic E-state index is 12.7. The summed E-state index contributed by atoms with van der Waals surface area (Å²) in [6.07, 6.45) is 4.26. The number of hydrogen-bond donors (Lipinski definition) is 1. The molecule has 1 N–H and O–H groups in total. The second-order valence-corrected chi connectivity index (χ2v) is 8.98. The number of carbonyl (C=O) groups is 2. The van der Waals surface area contributed by atoms with E-state index in [2.05, 4.69) is 24.1 Å². The molecule has 0 spiro atoms. The number of amides is 2. The van der Waals surface area contributed by atoms with E-state index in [-0.39, 0.29) is 23.7 Å². The van der Waals surface area contributed by atoms with Crippen molar-refractivity contribution in [2.45, 2.75) is 59.9 Å². The Balaban J connectivity index is 2.25. The molecule has 5 nitrogen and oxygen atoms in total. The summed E-state index contributed by atoms with van der Waals surface area (Å²) in [7, 11) is 4.01. The predicted octanol–water partition coefficient (Wildman–Crippen LogP) is 4.52. The first-order valence-electron chi connectivity index (χ1n) is 10.6. The molecule has 1 aromatic rings. The lowest BCUT2D eigenvalue weighted by Gasteiger charge is -2.29. The quantitative estimate of drug-likeness (QED) is 0.713. The summed E-state index contributed by atoms with van der Waals surface area (Å²) in [5.74, 6) is 0.789. The third-order valence-corrected chi connectivity index (χ3v) is 5.31. The molecule has 28 heavy (non-hydrogen) atoms. The van der Waals surface area contributed by atoms with Crippen LogP contribution in [0.2, 0.25) is 0 Å². The fraction of sp³-hybridized carbons (Fsp3) is 0.652. The summed E-state index contributed by atoms with van der Waals surface area (Å²) in [4.78, 5) is 29.3. The van der Waals surface area contributed by atoms with Crippen molar-refractivity contribution in [3.05, 3.63) is 23.8 Å². The Hall–Kier alpha value is -2.04. The van der Waals surface area contributed by atoms with Gasteiger partial charge in [-0.25, -0.2) is 0 Å². The van der Waals surface area contributed by atoms with Crippen molar-refractivity contribution in [1.29, 1.82) is 0 Å². The summed E-state index contributed by atoms with van der Waals surface area (Å²) in [5.41, 5.74) is 2.95. The largest absolute Gasteiger partial charge is 0.377 e. The van der Waals surface area contributed by atoms with Gasteiger partial charge in [0.15, 0.2) is 0 Å². The fourth-order valence-electron chi connectivity index (χ4n) is 3.90. The Morgan fingerprint density at radius 2 is 1.75 bits per heavy atom. The van der Waals surface area contributed by atoms with E-state index >= 15 is 0 Å². The third-order valence-electron chi connectivity index (χ3n) is 5.31. The van der Waals surface area contributed by atoms with Gasteiger partial charge in [0.25, 0.3) is 0 Å². The van der Waals surface area contributed by atoms with Crippen LogP contribution in [0.15, 0.2) is 18.2 Å². The number of benzene rings is 1. The van der Waals surface area contributed by atoms with Gasteiger partial charge in [-0.15, -0.1) is 0 Å². The van der Waals surface area contributed by atoms with Gasteiger partial charge in [0.1, 0.15) is 0 Å². The first-order chi connectivity index (χ1) is 13.2. The van der Waals surface area contributed by atoms with Gasteiger partial charge in [0.2, 0.25) is 11.8 Å². The molecule has 5 heteroatoms. The van der Waals surface area contributed by atoms with Crippen molar-refractivity contribution in [3.63, 3.8) is 0 Å². The van der Waals surface area contributed by atoms with E-state index in [1.807, 2.05) is 51.0 Å². The highest BCUT2D eigenvalue weighted by Crippen LogP contribution is 2.28. The van der Waals surface area contributed by atoms with Crippen LogP contribution in [-0.2, 0) is 16.1 Å². The van der Waals surface area contributed by atoms with Gasteiger partial charge >= 0.3 is 0 Å². The minimum Gasteiger partial charge on any atom is -0.377 e. The number of anilines is 2. The van der Waals surface area contributed by atoms with Crippen LogP contribution in [0.1, 0.15) is 58.9 Å². The second kappa shape index (κ2) is 9.94. The van der Waals surface area contributed by atoms with Crippen molar-refractivity contribution in [1.82, 2.24) is 4.90 Å². The Kier molecular flexibility index (Phi) is 7.90. The van der Waals surface area contributed by atoms with Crippen LogP contribution in [0.25, 0.3) is 0 Å². The molecule has 1 saturated carbocycles. The van der Waals surface area contributed by atoms with Crippen molar-refractivity contribution < 1.29 is 9.59 Å². The first-order valence-corrected chi connectivity index (χ1v) is 10.6. The Morgan fingerprint density at radius 1 is 1.11 bits per heavy atom. The molecular formula is C23H37N3O2. The molecule has 2 amide bonds. The van der Waals surface area contributed by atoms with E-state index in [1.165, 1.54) is 0 Å². The molecule has 0 heterocycles. The highest BCUT2D eigenvalue weighted by molar-refractivity contribution is 5.93. The van der Waals surface area contributed by atoms with Crippen molar-refractivity contribution in [3.8, 4) is 0 Å². The van der Waals surface area contributed by atoms with E-state index in [4.69, 9.17) is 0 Å². The molecule has 2 rings (SSSR count). The van der Waals surface area contributed by atoms with Crippen LogP contribution in [0.5, 0.6) is 0 Å². The first kappa shape index (κ1) is 22.3. The van der Waals surface area contributed by atoms with Crippen LogP contribution < -0.4 is 10.2 Å². The summed E-state index contributed by atoms with van der Waals surface area (Å²) in [5, 5.41) is 3.10. The Labute approximate surface area is 170 Å². The van der Waals surface area contributed by atoms with Crippen LogP contribution in [0.3, 0.4) is 0 Å². The van der Waals surface area contributed by atoms with Gasteiger partial charge in [-0.05, 0) is 42.5 Å². The van der Waals surface area contributed by atoms with E-state index in [1.54, 1.807) is 0 Å². The highest BCUT2D eigenvalue weighted by atomic mass is 16.2. The Morgan fingerprint density at radius 3 is 2.29 bits per heavy atom.